The molecule has 1 aliphatic heterocycles. The molecule has 0 bridgehead atoms. The topological polar surface area (TPSA) is 109 Å². The largest absolute Gasteiger partial charge is 0.486 e. The lowest BCUT2D eigenvalue weighted by Crippen LogP contribution is -2.23. The minimum Gasteiger partial charge on any atom is -0.486 e. The van der Waals surface area contributed by atoms with Crippen LogP contribution in [-0.4, -0.2) is 69.0 Å². The molecule has 1 atom stereocenters. The highest BCUT2D eigenvalue weighted by Crippen LogP contribution is 2.37. The summed E-state index contributed by atoms with van der Waals surface area (Å²) in [6.45, 7) is 6.91. The molecule has 0 spiro atoms. The van der Waals surface area contributed by atoms with Gasteiger partial charge in [0.05, 0.1) is 42.3 Å². The highest BCUT2D eigenvalue weighted by atomic mass is 16.5. The van der Waals surface area contributed by atoms with Crippen LogP contribution >= 0.6 is 0 Å². The Kier molecular flexibility index (Phi) is 9.64. The molecule has 1 aromatic heterocycles. The summed E-state index contributed by atoms with van der Waals surface area (Å²) in [7, 11) is 3.62. The van der Waals surface area contributed by atoms with Crippen molar-refractivity contribution in [3.63, 3.8) is 0 Å². The lowest BCUT2D eigenvalue weighted by molar-refractivity contribution is -0.111. The van der Waals surface area contributed by atoms with Gasteiger partial charge >= 0.3 is 0 Å². The first kappa shape index (κ1) is 27.8. The van der Waals surface area contributed by atoms with Crippen molar-refractivity contribution >= 4 is 39.9 Å². The molecule has 0 radical (unpaired) electrons. The van der Waals surface area contributed by atoms with Crippen LogP contribution in [0.1, 0.15) is 17.5 Å². The maximum atomic E-state index is 12.9. The first-order valence-corrected chi connectivity index (χ1v) is 12.8. The fraction of sp³-hybridized carbons (Fsp3) is 0.300. The Morgan fingerprint density at radius 2 is 2.23 bits per heavy atom. The van der Waals surface area contributed by atoms with Gasteiger partial charge < -0.3 is 29.7 Å². The molecule has 39 heavy (non-hydrogen) atoms. The number of pyridine rings is 1. The summed E-state index contributed by atoms with van der Waals surface area (Å²) in [5.74, 6) is 0.202. The number of benzene rings is 2. The van der Waals surface area contributed by atoms with Gasteiger partial charge in [-0.1, -0.05) is 30.9 Å². The zero-order chi connectivity index (χ0) is 27.6. The van der Waals surface area contributed by atoms with E-state index in [9.17, 15) is 10.1 Å². The normalized spacial score (nSPS) is 15.0. The SMILES string of the molecule is C=Cc1cccc(Nc2c(C#N)cnc3cc(O[C@H]4CCOC4)c(NC(=O)/C=C/CN(C)CCOC)cc23)c1. The Bertz CT molecular complexity index is 1390. The van der Waals surface area contributed by atoms with Crippen molar-refractivity contribution in [2.75, 3.05) is 57.7 Å². The molecule has 2 N–H and O–H groups in total. The van der Waals surface area contributed by atoms with Crippen LogP contribution in [0.25, 0.3) is 17.0 Å². The number of anilines is 3. The number of nitrogens with zero attached hydrogens (tertiary/aromatic N) is 3. The Labute approximate surface area is 228 Å². The third-order valence-electron chi connectivity index (χ3n) is 6.28. The molecule has 1 fully saturated rings. The highest BCUT2D eigenvalue weighted by molar-refractivity contribution is 6.04. The summed E-state index contributed by atoms with van der Waals surface area (Å²) in [5.41, 5.74) is 3.81. The Hall–Kier alpha value is -4.23. The first-order chi connectivity index (χ1) is 19.0. The molecule has 0 aliphatic carbocycles. The molecular formula is C30H33N5O4. The van der Waals surface area contributed by atoms with Crippen molar-refractivity contribution in [2.45, 2.75) is 12.5 Å². The Morgan fingerprint density at radius 3 is 2.97 bits per heavy atom. The van der Waals surface area contributed by atoms with E-state index in [-0.39, 0.29) is 12.0 Å². The third-order valence-corrected chi connectivity index (χ3v) is 6.28. The zero-order valence-corrected chi connectivity index (χ0v) is 22.3. The van der Waals surface area contributed by atoms with Gasteiger partial charge in [-0.2, -0.15) is 5.26 Å². The van der Waals surface area contributed by atoms with E-state index in [1.54, 1.807) is 31.4 Å². The van der Waals surface area contributed by atoms with E-state index in [2.05, 4.69) is 28.3 Å². The van der Waals surface area contributed by atoms with E-state index in [1.165, 1.54) is 12.3 Å². The van der Waals surface area contributed by atoms with Crippen LogP contribution in [0.15, 0.2) is 61.3 Å². The van der Waals surface area contributed by atoms with Crippen molar-refractivity contribution in [2.24, 2.45) is 0 Å². The quantitative estimate of drug-likeness (QED) is 0.325. The van der Waals surface area contributed by atoms with Crippen LogP contribution in [-0.2, 0) is 14.3 Å². The van der Waals surface area contributed by atoms with E-state index in [0.717, 1.165) is 24.2 Å². The van der Waals surface area contributed by atoms with Gasteiger partial charge in [0.1, 0.15) is 17.9 Å². The summed E-state index contributed by atoms with van der Waals surface area (Å²) in [6, 6.07) is 13.5. The molecule has 0 saturated carbocycles. The minimum absolute atomic E-state index is 0.124. The molecule has 3 aromatic rings. The molecule has 1 aliphatic rings. The van der Waals surface area contributed by atoms with Gasteiger partial charge in [-0.15, -0.1) is 0 Å². The zero-order valence-electron chi connectivity index (χ0n) is 22.3. The number of nitrogens with one attached hydrogen (secondary N) is 2. The number of ether oxygens (including phenoxy) is 3. The second kappa shape index (κ2) is 13.5. The third kappa shape index (κ3) is 7.42. The minimum atomic E-state index is -0.292. The van der Waals surface area contributed by atoms with E-state index in [1.807, 2.05) is 36.2 Å². The number of fused-ring (bicyclic) bond motifs is 1. The smallest absolute Gasteiger partial charge is 0.248 e. The van der Waals surface area contributed by atoms with Gasteiger partial charge in [0, 0.05) is 56.0 Å². The number of nitriles is 1. The predicted molar refractivity (Wildman–Crippen MR) is 153 cm³/mol. The van der Waals surface area contributed by atoms with E-state index in [0.29, 0.717) is 60.0 Å². The molecule has 9 heteroatoms. The molecular weight excluding hydrogens is 494 g/mol. The number of amides is 1. The van der Waals surface area contributed by atoms with E-state index >= 15 is 0 Å². The van der Waals surface area contributed by atoms with E-state index in [4.69, 9.17) is 14.2 Å². The summed E-state index contributed by atoms with van der Waals surface area (Å²) >= 11 is 0. The monoisotopic (exact) mass is 527 g/mol. The fourth-order valence-corrected chi connectivity index (χ4v) is 4.16. The van der Waals surface area contributed by atoms with Crippen LogP contribution in [0.5, 0.6) is 5.75 Å². The Balaban J connectivity index is 1.68. The number of carbonyl (C=O) groups excluding carboxylic acids is 1. The van der Waals surface area contributed by atoms with Crippen molar-refractivity contribution in [1.82, 2.24) is 9.88 Å². The van der Waals surface area contributed by atoms with Gasteiger partial charge in [0.15, 0.2) is 0 Å². The average Bonchev–Trinajstić information content (AvgIpc) is 3.46. The van der Waals surface area contributed by atoms with Crippen molar-refractivity contribution in [3.8, 4) is 11.8 Å². The summed E-state index contributed by atoms with van der Waals surface area (Å²) < 4.78 is 16.8. The van der Waals surface area contributed by atoms with Crippen LogP contribution in [0.4, 0.5) is 17.1 Å². The predicted octanol–water partition coefficient (Wildman–Crippen LogP) is 4.73. The van der Waals surface area contributed by atoms with Gasteiger partial charge in [-0.25, -0.2) is 0 Å². The summed E-state index contributed by atoms with van der Waals surface area (Å²) in [5, 5.41) is 16.8. The van der Waals surface area contributed by atoms with Crippen LogP contribution in [0.3, 0.4) is 0 Å². The molecule has 9 nitrogen and oxygen atoms in total. The van der Waals surface area contributed by atoms with Crippen LogP contribution < -0.4 is 15.4 Å². The second-order valence-electron chi connectivity index (χ2n) is 9.23. The number of hydrogen-bond donors (Lipinski definition) is 2. The summed E-state index contributed by atoms with van der Waals surface area (Å²) in [4.78, 5) is 19.4. The first-order valence-electron chi connectivity index (χ1n) is 12.8. The van der Waals surface area contributed by atoms with E-state index < -0.39 is 0 Å². The van der Waals surface area contributed by atoms with Crippen LogP contribution in [0, 0.1) is 11.3 Å². The number of carbonyl (C=O) groups is 1. The van der Waals surface area contributed by atoms with Gasteiger partial charge in [-0.05, 0) is 30.8 Å². The van der Waals surface area contributed by atoms with Crippen LogP contribution in [0.2, 0.25) is 0 Å². The number of hydrogen-bond acceptors (Lipinski definition) is 8. The second-order valence-corrected chi connectivity index (χ2v) is 9.23. The molecule has 2 heterocycles. The average molecular weight is 528 g/mol. The maximum Gasteiger partial charge on any atom is 0.248 e. The lowest BCUT2D eigenvalue weighted by atomic mass is 10.1. The molecule has 202 valence electrons. The van der Waals surface area contributed by atoms with Gasteiger partial charge in [0.2, 0.25) is 5.91 Å². The fourth-order valence-electron chi connectivity index (χ4n) is 4.16. The van der Waals surface area contributed by atoms with Crippen molar-refractivity contribution in [1.29, 1.82) is 5.26 Å². The number of likely N-dealkylation sites (N-methyl/N-ethyl adjacent to an activating group) is 1. The number of rotatable bonds is 12. The molecule has 1 saturated heterocycles. The molecule has 2 aromatic carbocycles. The Morgan fingerprint density at radius 1 is 1.36 bits per heavy atom. The highest BCUT2D eigenvalue weighted by Gasteiger charge is 2.21. The number of methoxy groups -OCH3 is 1. The molecule has 1 amide bonds. The standard InChI is InChI=1S/C30H33N5O4/c1-4-21-7-5-8-23(15-21)33-30-22(18-31)19-32-26-17-28(39-24-10-13-38-20-24)27(16-25(26)30)34-29(36)9-6-11-35(2)12-14-37-3/h4-9,15-17,19,24H,1,10-14,20H2,2-3H3,(H,32,33)(H,34,36)/b9-6+/t24-/m0/s1. The molecule has 4 rings (SSSR count). The van der Waals surface area contributed by atoms with Gasteiger partial charge in [-0.3, -0.25) is 9.78 Å². The summed E-state index contributed by atoms with van der Waals surface area (Å²) in [6.07, 6.45) is 7.22. The number of aromatic nitrogens is 1. The maximum absolute atomic E-state index is 12.9. The molecule has 0 unspecified atom stereocenters. The lowest BCUT2D eigenvalue weighted by Gasteiger charge is -2.18. The van der Waals surface area contributed by atoms with Crippen molar-refractivity contribution in [3.05, 3.63) is 72.5 Å². The van der Waals surface area contributed by atoms with Crippen molar-refractivity contribution < 1.29 is 19.0 Å². The van der Waals surface area contributed by atoms with Gasteiger partial charge in [0.25, 0.3) is 0 Å².